The average Bonchev–Trinajstić information content (AvgIpc) is 2.16. The Balaban J connectivity index is 3.29. The van der Waals surface area contributed by atoms with Crippen molar-refractivity contribution in [3.63, 3.8) is 0 Å². The van der Waals surface area contributed by atoms with Gasteiger partial charge in [0, 0.05) is 6.07 Å². The molecule has 1 rings (SSSR count). The van der Waals surface area contributed by atoms with E-state index in [1.807, 2.05) is 0 Å². The Hall–Kier alpha value is -0.960. The lowest BCUT2D eigenvalue weighted by Gasteiger charge is -2.03. The minimum absolute atomic E-state index is 0.284. The largest absolute Gasteiger partial charge is 0.395 e. The number of hydrogen-bond donors (Lipinski definition) is 2. The second kappa shape index (κ2) is 4.50. The van der Waals surface area contributed by atoms with E-state index in [9.17, 15) is 16.8 Å². The molecule has 0 fully saturated rings. The van der Waals surface area contributed by atoms with Crippen LogP contribution < -0.4 is 0 Å². The van der Waals surface area contributed by atoms with Gasteiger partial charge in [-0.25, -0.2) is 8.42 Å². The summed E-state index contributed by atoms with van der Waals surface area (Å²) < 4.78 is 53.1. The van der Waals surface area contributed by atoms with Crippen molar-refractivity contribution in [1.29, 1.82) is 0 Å². The van der Waals surface area contributed by atoms with Gasteiger partial charge in [0.15, 0.2) is 9.84 Å². The molecule has 0 atom stereocenters. The van der Waals surface area contributed by atoms with E-state index in [-0.39, 0.29) is 4.90 Å². The van der Waals surface area contributed by atoms with Crippen molar-refractivity contribution in [3.8, 4) is 0 Å². The summed E-state index contributed by atoms with van der Waals surface area (Å²) in [5.41, 5.74) is 0. The van der Waals surface area contributed by atoms with Crippen molar-refractivity contribution in [1.82, 2.24) is 0 Å². The number of benzene rings is 1. The van der Waals surface area contributed by atoms with Gasteiger partial charge in [0.05, 0.1) is 17.3 Å². The maximum atomic E-state index is 11.5. The summed E-state index contributed by atoms with van der Waals surface area (Å²) in [6.07, 6.45) is 0. The quantitative estimate of drug-likeness (QED) is 0.710. The van der Waals surface area contributed by atoms with E-state index in [1.165, 1.54) is 0 Å². The second-order valence-corrected chi connectivity index (χ2v) is 6.41. The van der Waals surface area contributed by atoms with Crippen LogP contribution in [0, 0.1) is 6.07 Å². The lowest BCUT2D eigenvalue weighted by molar-refractivity contribution is 0.319. The minimum atomic E-state index is -4.48. The highest BCUT2D eigenvalue weighted by molar-refractivity contribution is 7.91. The summed E-state index contributed by atoms with van der Waals surface area (Å²) in [6.45, 7) is -0.567. The van der Waals surface area contributed by atoms with E-state index in [2.05, 4.69) is 6.07 Å². The Labute approximate surface area is 93.2 Å². The van der Waals surface area contributed by atoms with Gasteiger partial charge in [0.25, 0.3) is 10.1 Å². The maximum absolute atomic E-state index is 11.5. The first-order chi connectivity index (χ1) is 7.27. The fraction of sp³-hybridized carbons (Fsp3) is 0.250. The van der Waals surface area contributed by atoms with Crippen LogP contribution in [0.25, 0.3) is 0 Å². The van der Waals surface area contributed by atoms with Crippen molar-refractivity contribution in [2.45, 2.75) is 9.79 Å². The fourth-order valence-corrected chi connectivity index (χ4v) is 2.62. The van der Waals surface area contributed by atoms with Gasteiger partial charge in [-0.15, -0.1) is 0 Å². The fourth-order valence-electron chi connectivity index (χ4n) is 1.01. The zero-order chi connectivity index (χ0) is 12.4. The summed E-state index contributed by atoms with van der Waals surface area (Å²) in [7, 11) is -8.22. The van der Waals surface area contributed by atoms with E-state index >= 15 is 0 Å². The lowest BCUT2D eigenvalue weighted by atomic mass is 10.4. The van der Waals surface area contributed by atoms with Crippen LogP contribution in [-0.2, 0) is 20.0 Å². The Kier molecular flexibility index (Phi) is 3.68. The molecule has 0 spiro atoms. The number of aliphatic hydroxyl groups is 1. The third-order valence-electron chi connectivity index (χ3n) is 1.74. The molecule has 2 N–H and O–H groups in total. The van der Waals surface area contributed by atoms with Gasteiger partial charge in [-0.3, -0.25) is 4.55 Å². The smallest absolute Gasteiger partial charge is 0.295 e. The van der Waals surface area contributed by atoms with Crippen LogP contribution in [0.4, 0.5) is 0 Å². The van der Waals surface area contributed by atoms with Crippen molar-refractivity contribution in [3.05, 3.63) is 24.3 Å². The number of sulfone groups is 1. The lowest BCUT2D eigenvalue weighted by Crippen LogP contribution is -2.11. The molecule has 8 heteroatoms. The molecule has 0 aliphatic carbocycles. The molecule has 0 unspecified atom stereocenters. The first-order valence-corrected chi connectivity index (χ1v) is 7.19. The van der Waals surface area contributed by atoms with Crippen LogP contribution in [0.2, 0.25) is 0 Å². The van der Waals surface area contributed by atoms with Crippen LogP contribution >= 0.6 is 0 Å². The van der Waals surface area contributed by atoms with Crippen molar-refractivity contribution in [2.75, 3.05) is 12.4 Å². The molecule has 0 bridgehead atoms. The molecule has 0 aliphatic heterocycles. The molecule has 1 aromatic carbocycles. The third-order valence-corrected chi connectivity index (χ3v) is 4.23. The van der Waals surface area contributed by atoms with Crippen LogP contribution in [0.15, 0.2) is 28.0 Å². The Morgan fingerprint density at radius 2 is 1.88 bits per heavy atom. The third kappa shape index (κ3) is 3.01. The maximum Gasteiger partial charge on any atom is 0.295 e. The number of aliphatic hydroxyl groups excluding tert-OH is 1. The van der Waals surface area contributed by atoms with Crippen LogP contribution in [0.5, 0.6) is 0 Å². The Morgan fingerprint density at radius 1 is 1.25 bits per heavy atom. The molecular weight excluding hydrogens is 256 g/mol. The van der Waals surface area contributed by atoms with E-state index in [0.717, 1.165) is 18.2 Å². The van der Waals surface area contributed by atoms with Crippen LogP contribution in [-0.4, -0.2) is 38.9 Å². The van der Waals surface area contributed by atoms with Gasteiger partial charge in [-0.2, -0.15) is 8.42 Å². The molecule has 0 heterocycles. The molecule has 89 valence electrons. The first kappa shape index (κ1) is 13.1. The predicted molar refractivity (Wildman–Crippen MR) is 54.2 cm³/mol. The standard InChI is InChI=1S/C8H9O6S2/c9-4-5-15(10,11)7-2-1-3-8(6-7)16(12,13)14/h1-2,6,9H,4-5H2,(H,12,13,14). The highest BCUT2D eigenvalue weighted by Gasteiger charge is 2.17. The van der Waals surface area contributed by atoms with Gasteiger partial charge < -0.3 is 5.11 Å². The molecular formula is C8H9O6S2. The normalized spacial score (nSPS) is 12.6. The topological polar surface area (TPSA) is 109 Å². The van der Waals surface area contributed by atoms with Crippen molar-refractivity contribution < 1.29 is 26.5 Å². The summed E-state index contributed by atoms with van der Waals surface area (Å²) in [6, 6.07) is 5.21. The van der Waals surface area contributed by atoms with Crippen molar-refractivity contribution in [2.24, 2.45) is 0 Å². The molecule has 16 heavy (non-hydrogen) atoms. The van der Waals surface area contributed by atoms with E-state index in [4.69, 9.17) is 9.66 Å². The summed E-state index contributed by atoms with van der Waals surface area (Å²) >= 11 is 0. The molecule has 1 aromatic rings. The van der Waals surface area contributed by atoms with E-state index in [0.29, 0.717) is 0 Å². The van der Waals surface area contributed by atoms with Crippen LogP contribution in [0.1, 0.15) is 0 Å². The zero-order valence-electron chi connectivity index (χ0n) is 7.99. The van der Waals surface area contributed by atoms with E-state index in [1.54, 1.807) is 0 Å². The minimum Gasteiger partial charge on any atom is -0.395 e. The molecule has 0 aromatic heterocycles. The molecule has 0 amide bonds. The monoisotopic (exact) mass is 265 g/mol. The highest BCUT2D eigenvalue weighted by atomic mass is 32.2. The second-order valence-electron chi connectivity index (χ2n) is 2.91. The molecule has 6 nitrogen and oxygen atoms in total. The van der Waals surface area contributed by atoms with Crippen LogP contribution in [0.3, 0.4) is 0 Å². The highest BCUT2D eigenvalue weighted by Crippen LogP contribution is 2.15. The molecule has 1 radical (unpaired) electrons. The summed E-state index contributed by atoms with van der Waals surface area (Å²) in [5, 5.41) is 8.54. The van der Waals surface area contributed by atoms with E-state index < -0.39 is 37.2 Å². The molecule has 0 saturated carbocycles. The number of rotatable bonds is 4. The molecule has 0 saturated heterocycles. The van der Waals surface area contributed by atoms with Crippen molar-refractivity contribution >= 4 is 20.0 Å². The molecule has 0 aliphatic rings. The van der Waals surface area contributed by atoms with Gasteiger partial charge in [0.2, 0.25) is 0 Å². The number of hydrogen-bond acceptors (Lipinski definition) is 5. The SMILES string of the molecule is O=S(=O)(O)c1[c]ccc(S(=O)(=O)CCO)c1. The van der Waals surface area contributed by atoms with Gasteiger partial charge in [-0.1, -0.05) is 6.07 Å². The first-order valence-electron chi connectivity index (χ1n) is 4.10. The summed E-state index contributed by atoms with van der Waals surface area (Å²) in [4.78, 5) is -0.903. The zero-order valence-corrected chi connectivity index (χ0v) is 9.62. The Bertz CT molecular complexity index is 572. The Morgan fingerprint density at radius 3 is 2.38 bits per heavy atom. The van der Waals surface area contributed by atoms with Gasteiger partial charge in [0.1, 0.15) is 4.90 Å². The average molecular weight is 265 g/mol. The predicted octanol–water partition coefficient (Wildman–Crippen LogP) is -0.501. The van der Waals surface area contributed by atoms with Gasteiger partial charge >= 0.3 is 0 Å². The van der Waals surface area contributed by atoms with Gasteiger partial charge in [-0.05, 0) is 12.1 Å². The summed E-state index contributed by atoms with van der Waals surface area (Å²) in [5.74, 6) is -0.512.